The first-order valence-corrected chi connectivity index (χ1v) is 7.23. The number of halogens is 2. The molecule has 0 unspecified atom stereocenters. The molecule has 2 aromatic rings. The van der Waals surface area contributed by atoms with Gasteiger partial charge in [-0.25, -0.2) is 0 Å². The Bertz CT molecular complexity index is 758. The van der Waals surface area contributed by atoms with E-state index in [-0.39, 0.29) is 18.0 Å². The number of nitrogens with one attached hydrogen (secondary N) is 1. The number of rotatable bonds is 5. The Balaban J connectivity index is 0.00000242. The number of nitrogens with zero attached hydrogens (tertiary/aromatic N) is 1. The highest BCUT2D eigenvalue weighted by atomic mass is 35.5. The molecule has 0 saturated carbocycles. The van der Waals surface area contributed by atoms with Crippen molar-refractivity contribution in [2.75, 3.05) is 13.7 Å². The first-order chi connectivity index (χ1) is 10.1. The molecule has 0 aliphatic carbocycles. The summed E-state index contributed by atoms with van der Waals surface area (Å²) >= 11 is 11.5. The lowest BCUT2D eigenvalue weighted by atomic mass is 10.1. The molecule has 2 rings (SSSR count). The van der Waals surface area contributed by atoms with Crippen LogP contribution in [0.1, 0.15) is 6.42 Å². The maximum absolute atomic E-state index is 11.7. The number of nitrogens with two attached hydrogens (primary N) is 1. The number of H-pyrrole nitrogens is 1. The second-order valence-electron chi connectivity index (χ2n) is 4.46. The normalized spacial score (nSPS) is 10.1. The molecule has 0 amide bonds. The molecule has 0 spiro atoms. The smallest absolute Gasteiger partial charge is 0.252 e. The molecule has 0 saturated heterocycles. The Labute approximate surface area is 144 Å². The lowest BCUT2D eigenvalue weighted by molar-refractivity contribution is 0.415. The molecule has 1 aromatic heterocycles. The molecule has 0 atom stereocenters. The zero-order valence-corrected chi connectivity index (χ0v) is 14.4. The average Bonchev–Trinajstić information content (AvgIpc) is 2.45. The van der Waals surface area contributed by atoms with Crippen LogP contribution in [0.15, 0.2) is 29.1 Å². The van der Waals surface area contributed by atoms with Crippen molar-refractivity contribution in [2.24, 2.45) is 5.73 Å². The van der Waals surface area contributed by atoms with Gasteiger partial charge in [-0.05, 0) is 43.4 Å². The summed E-state index contributed by atoms with van der Waals surface area (Å²) in [5, 5.41) is 0.496. The first kappa shape index (κ1) is 18.7. The fourth-order valence-electron chi connectivity index (χ4n) is 2.05. The van der Waals surface area contributed by atoms with Crippen LogP contribution in [0.5, 0.6) is 5.75 Å². The van der Waals surface area contributed by atoms with E-state index in [2.05, 4.69) is 4.98 Å². The number of benzene rings is 1. The third-order valence-electron chi connectivity index (χ3n) is 3.07. The molecule has 0 fully saturated rings. The van der Waals surface area contributed by atoms with Crippen molar-refractivity contribution in [3.8, 4) is 17.0 Å². The summed E-state index contributed by atoms with van der Waals surface area (Å²) in [6, 6.07) is 6.79. The zero-order valence-electron chi connectivity index (χ0n) is 12.0. The molecule has 1 heterocycles. The Morgan fingerprint density at radius 2 is 2.14 bits per heavy atom. The van der Waals surface area contributed by atoms with Gasteiger partial charge in [-0.2, -0.15) is 0 Å². The SMILES string of the molecule is COc1ccc(-c2cc(=O)[nH]c(=S)n2CCCN)c(Cl)c1.Cl. The van der Waals surface area contributed by atoms with Crippen molar-refractivity contribution in [1.29, 1.82) is 0 Å². The zero-order chi connectivity index (χ0) is 15.4. The quantitative estimate of drug-likeness (QED) is 0.802. The molecule has 0 aliphatic rings. The van der Waals surface area contributed by atoms with Gasteiger partial charge >= 0.3 is 0 Å². The molecule has 5 nitrogen and oxygen atoms in total. The average molecular weight is 362 g/mol. The van der Waals surface area contributed by atoms with Crippen LogP contribution in [0.25, 0.3) is 11.3 Å². The van der Waals surface area contributed by atoms with Crippen LogP contribution in [-0.4, -0.2) is 23.2 Å². The summed E-state index contributed by atoms with van der Waals surface area (Å²) in [5.41, 5.74) is 6.69. The predicted molar refractivity (Wildman–Crippen MR) is 93.8 cm³/mol. The van der Waals surface area contributed by atoms with Gasteiger partial charge in [-0.3, -0.25) is 9.78 Å². The van der Waals surface area contributed by atoms with E-state index in [1.807, 2.05) is 10.6 Å². The van der Waals surface area contributed by atoms with Gasteiger partial charge in [0.05, 0.1) is 17.8 Å². The van der Waals surface area contributed by atoms with Crippen LogP contribution < -0.4 is 16.0 Å². The van der Waals surface area contributed by atoms with Gasteiger partial charge in [0.25, 0.3) is 5.56 Å². The van der Waals surface area contributed by atoms with Crippen molar-refractivity contribution >= 4 is 36.2 Å². The number of hydrogen-bond acceptors (Lipinski definition) is 4. The number of hydrogen-bond donors (Lipinski definition) is 2. The maximum atomic E-state index is 11.7. The highest BCUT2D eigenvalue weighted by molar-refractivity contribution is 7.71. The lowest BCUT2D eigenvalue weighted by Gasteiger charge is -2.14. The lowest BCUT2D eigenvalue weighted by Crippen LogP contribution is -2.16. The van der Waals surface area contributed by atoms with Gasteiger partial charge in [-0.15, -0.1) is 12.4 Å². The third kappa shape index (κ3) is 4.10. The number of methoxy groups -OCH3 is 1. The largest absolute Gasteiger partial charge is 0.497 e. The predicted octanol–water partition coefficient (Wildman–Crippen LogP) is 3.01. The molecule has 0 radical (unpaired) electrons. The molecule has 8 heteroatoms. The molecule has 3 N–H and O–H groups in total. The van der Waals surface area contributed by atoms with E-state index >= 15 is 0 Å². The second kappa shape index (κ2) is 8.33. The van der Waals surface area contributed by atoms with Gasteiger partial charge in [0.1, 0.15) is 5.75 Å². The monoisotopic (exact) mass is 361 g/mol. The van der Waals surface area contributed by atoms with Gasteiger partial charge in [-0.1, -0.05) is 11.6 Å². The van der Waals surface area contributed by atoms with E-state index < -0.39 is 0 Å². The Hall–Kier alpha value is -1.34. The van der Waals surface area contributed by atoms with Crippen molar-refractivity contribution in [2.45, 2.75) is 13.0 Å². The Morgan fingerprint density at radius 1 is 1.41 bits per heavy atom. The van der Waals surface area contributed by atoms with Crippen LogP contribution >= 0.6 is 36.2 Å². The summed E-state index contributed by atoms with van der Waals surface area (Å²) in [5.74, 6) is 0.653. The van der Waals surface area contributed by atoms with E-state index in [4.69, 9.17) is 34.3 Å². The Kier molecular flexibility index (Phi) is 7.09. The molecular formula is C14H17Cl2N3O2S. The minimum atomic E-state index is -0.258. The Morgan fingerprint density at radius 3 is 2.73 bits per heavy atom. The van der Waals surface area contributed by atoms with Gasteiger partial charge in [0, 0.05) is 18.2 Å². The second-order valence-corrected chi connectivity index (χ2v) is 5.26. The van der Waals surface area contributed by atoms with Gasteiger partial charge < -0.3 is 15.0 Å². The van der Waals surface area contributed by atoms with E-state index in [0.29, 0.717) is 34.3 Å². The summed E-state index contributed by atoms with van der Waals surface area (Å²) in [7, 11) is 1.57. The minimum Gasteiger partial charge on any atom is -0.497 e. The fraction of sp³-hybridized carbons (Fsp3) is 0.286. The summed E-state index contributed by atoms with van der Waals surface area (Å²) in [6.45, 7) is 1.15. The van der Waals surface area contributed by atoms with Crippen molar-refractivity contribution < 1.29 is 4.74 Å². The van der Waals surface area contributed by atoms with Gasteiger partial charge in [0.15, 0.2) is 4.77 Å². The van der Waals surface area contributed by atoms with Crippen LogP contribution in [-0.2, 0) is 6.54 Å². The van der Waals surface area contributed by atoms with E-state index in [0.717, 1.165) is 12.0 Å². The van der Waals surface area contributed by atoms with Crippen LogP contribution in [0.2, 0.25) is 5.02 Å². The maximum Gasteiger partial charge on any atom is 0.252 e. The summed E-state index contributed by atoms with van der Waals surface area (Å²) in [6.07, 6.45) is 0.751. The molecule has 0 aliphatic heterocycles. The van der Waals surface area contributed by atoms with Crippen molar-refractivity contribution in [3.63, 3.8) is 0 Å². The first-order valence-electron chi connectivity index (χ1n) is 6.45. The molecule has 0 bridgehead atoms. The molecular weight excluding hydrogens is 345 g/mol. The molecule has 120 valence electrons. The highest BCUT2D eigenvalue weighted by Crippen LogP contribution is 2.30. The molecule has 1 aromatic carbocycles. The van der Waals surface area contributed by atoms with E-state index in [1.165, 1.54) is 6.07 Å². The van der Waals surface area contributed by atoms with Gasteiger partial charge in [0.2, 0.25) is 0 Å². The summed E-state index contributed by atoms with van der Waals surface area (Å²) < 4.78 is 7.32. The van der Waals surface area contributed by atoms with Crippen molar-refractivity contribution in [1.82, 2.24) is 9.55 Å². The number of aromatic amines is 1. The molecule has 22 heavy (non-hydrogen) atoms. The van der Waals surface area contributed by atoms with E-state index in [1.54, 1.807) is 19.2 Å². The highest BCUT2D eigenvalue weighted by Gasteiger charge is 2.11. The topological polar surface area (TPSA) is 73.0 Å². The fourth-order valence-corrected chi connectivity index (χ4v) is 2.60. The third-order valence-corrected chi connectivity index (χ3v) is 3.71. The minimum absolute atomic E-state index is 0. The van der Waals surface area contributed by atoms with Crippen LogP contribution in [0, 0.1) is 4.77 Å². The van der Waals surface area contributed by atoms with Crippen LogP contribution in [0.4, 0.5) is 0 Å². The van der Waals surface area contributed by atoms with Crippen molar-refractivity contribution in [3.05, 3.63) is 44.4 Å². The van der Waals surface area contributed by atoms with Crippen LogP contribution in [0.3, 0.4) is 0 Å². The number of aromatic nitrogens is 2. The van der Waals surface area contributed by atoms with E-state index in [9.17, 15) is 4.79 Å². The standard InChI is InChI=1S/C14H16ClN3O2S.ClH/c1-20-9-3-4-10(11(15)7-9)12-8-13(19)17-14(21)18(12)6-2-5-16;/h3-4,7-8H,2,5-6,16H2,1H3,(H,17,19,21);1H. The summed E-state index contributed by atoms with van der Waals surface area (Å²) in [4.78, 5) is 14.3. The number of ether oxygens (including phenoxy) is 1.